The minimum absolute atomic E-state index is 0.0777. The number of anilines is 2. The second kappa shape index (κ2) is 6.02. The van der Waals surface area contributed by atoms with Gasteiger partial charge in [-0.3, -0.25) is 0 Å². The summed E-state index contributed by atoms with van der Waals surface area (Å²) < 4.78 is 5.63. The maximum atomic E-state index is 11.8. The molecule has 2 heterocycles. The summed E-state index contributed by atoms with van der Waals surface area (Å²) in [6.07, 6.45) is 0. The van der Waals surface area contributed by atoms with Gasteiger partial charge in [-0.05, 0) is 12.1 Å². The van der Waals surface area contributed by atoms with Gasteiger partial charge >= 0.3 is 5.97 Å². The molecule has 0 spiro atoms. The molecule has 20 heavy (non-hydrogen) atoms. The average molecular weight is 314 g/mol. The van der Waals surface area contributed by atoms with Crippen LogP contribution in [0.3, 0.4) is 0 Å². The Bertz CT molecular complexity index is 631. The first-order valence-corrected chi connectivity index (χ1v) is 6.75. The first kappa shape index (κ1) is 14.5. The Hall–Kier alpha value is -1.93. The Labute approximate surface area is 124 Å². The highest BCUT2D eigenvalue weighted by Crippen LogP contribution is 2.22. The summed E-state index contributed by atoms with van der Waals surface area (Å²) in [6, 6.07) is 3.23. The number of halogens is 1. The third kappa shape index (κ3) is 3.55. The highest BCUT2D eigenvalue weighted by Gasteiger charge is 2.12. The molecule has 0 saturated carbocycles. The van der Waals surface area contributed by atoms with Crippen molar-refractivity contribution in [2.75, 3.05) is 24.7 Å². The van der Waals surface area contributed by atoms with Crippen molar-refractivity contribution in [2.24, 2.45) is 0 Å². The van der Waals surface area contributed by atoms with Gasteiger partial charge in [0.15, 0.2) is 12.4 Å². The highest BCUT2D eigenvalue weighted by atomic mass is 35.5. The number of nitrogens with zero attached hydrogens (tertiary/aromatic N) is 4. The zero-order valence-corrected chi connectivity index (χ0v) is 12.4. The van der Waals surface area contributed by atoms with Crippen molar-refractivity contribution in [3.63, 3.8) is 0 Å². The van der Waals surface area contributed by atoms with Crippen LogP contribution >= 0.6 is 22.9 Å². The van der Waals surface area contributed by atoms with Gasteiger partial charge in [0.1, 0.15) is 4.88 Å². The Morgan fingerprint density at radius 2 is 2.15 bits per heavy atom. The molecule has 0 radical (unpaired) electrons. The summed E-state index contributed by atoms with van der Waals surface area (Å²) in [5, 5.41) is 0. The molecule has 2 aromatic rings. The molecular weight excluding hydrogens is 302 g/mol. The van der Waals surface area contributed by atoms with E-state index in [0.29, 0.717) is 15.2 Å². The van der Waals surface area contributed by atoms with Crippen LogP contribution in [0.5, 0.6) is 0 Å². The molecule has 9 heteroatoms. The number of esters is 1. The van der Waals surface area contributed by atoms with E-state index in [0.717, 1.165) is 11.3 Å². The smallest absolute Gasteiger partial charge is 0.348 e. The molecule has 0 aliphatic carbocycles. The second-order valence-corrected chi connectivity index (χ2v) is 5.70. The van der Waals surface area contributed by atoms with E-state index in [2.05, 4.69) is 15.0 Å². The fraction of sp³-hybridized carbons (Fsp3) is 0.273. The number of aromatic nitrogens is 3. The molecule has 2 N–H and O–H groups in total. The first-order chi connectivity index (χ1) is 9.45. The van der Waals surface area contributed by atoms with Crippen LogP contribution in [0, 0.1) is 0 Å². The number of carbonyl (C=O) groups is 1. The largest absolute Gasteiger partial charge is 0.453 e. The third-order valence-corrected chi connectivity index (χ3v) is 3.41. The number of rotatable bonds is 4. The van der Waals surface area contributed by atoms with E-state index in [1.165, 1.54) is 0 Å². The second-order valence-electron chi connectivity index (χ2n) is 3.98. The first-order valence-electron chi connectivity index (χ1n) is 5.56. The number of ether oxygens (including phenoxy) is 1. The van der Waals surface area contributed by atoms with Crippen LogP contribution in [0.25, 0.3) is 0 Å². The highest BCUT2D eigenvalue weighted by molar-refractivity contribution is 7.17. The van der Waals surface area contributed by atoms with Crippen molar-refractivity contribution in [2.45, 2.75) is 6.61 Å². The predicted molar refractivity (Wildman–Crippen MR) is 77.0 cm³/mol. The number of hydrogen-bond donors (Lipinski definition) is 1. The lowest BCUT2D eigenvalue weighted by Gasteiger charge is -2.11. The number of thiophene rings is 1. The van der Waals surface area contributed by atoms with Gasteiger partial charge in [0.2, 0.25) is 11.9 Å². The van der Waals surface area contributed by atoms with Crippen LogP contribution in [0.4, 0.5) is 11.9 Å². The molecule has 0 amide bonds. The summed E-state index contributed by atoms with van der Waals surface area (Å²) in [6.45, 7) is -0.0814. The number of nitrogen functional groups attached to an aromatic ring is 1. The zero-order valence-electron chi connectivity index (χ0n) is 10.8. The lowest BCUT2D eigenvalue weighted by Crippen LogP contribution is -2.17. The van der Waals surface area contributed by atoms with Gasteiger partial charge in [0.05, 0.1) is 4.34 Å². The minimum Gasteiger partial charge on any atom is -0.453 e. The topological polar surface area (TPSA) is 94.2 Å². The molecule has 0 atom stereocenters. The lowest BCUT2D eigenvalue weighted by atomic mass is 10.5. The number of nitrogens with two attached hydrogens (primary N) is 1. The summed E-state index contributed by atoms with van der Waals surface area (Å²) in [5.74, 6) is 0.293. The van der Waals surface area contributed by atoms with E-state index in [1.807, 2.05) is 0 Å². The van der Waals surface area contributed by atoms with Gasteiger partial charge in [-0.2, -0.15) is 15.0 Å². The summed E-state index contributed by atoms with van der Waals surface area (Å²) >= 11 is 6.90. The van der Waals surface area contributed by atoms with Gasteiger partial charge in [-0.25, -0.2) is 4.79 Å². The quantitative estimate of drug-likeness (QED) is 0.856. The van der Waals surface area contributed by atoms with Crippen LogP contribution in [0.15, 0.2) is 12.1 Å². The van der Waals surface area contributed by atoms with E-state index in [9.17, 15) is 4.79 Å². The van der Waals surface area contributed by atoms with Crippen molar-refractivity contribution in [1.29, 1.82) is 0 Å². The number of hydrogen-bond acceptors (Lipinski definition) is 8. The van der Waals surface area contributed by atoms with Crippen LogP contribution in [-0.4, -0.2) is 35.0 Å². The van der Waals surface area contributed by atoms with Crippen molar-refractivity contribution in [3.8, 4) is 0 Å². The van der Waals surface area contributed by atoms with Gasteiger partial charge < -0.3 is 15.4 Å². The van der Waals surface area contributed by atoms with E-state index in [-0.39, 0.29) is 18.4 Å². The molecule has 0 bridgehead atoms. The van der Waals surface area contributed by atoms with Crippen molar-refractivity contribution >= 4 is 40.8 Å². The van der Waals surface area contributed by atoms with E-state index >= 15 is 0 Å². The fourth-order valence-electron chi connectivity index (χ4n) is 1.31. The maximum absolute atomic E-state index is 11.8. The molecule has 0 saturated heterocycles. The van der Waals surface area contributed by atoms with Crippen molar-refractivity contribution in [1.82, 2.24) is 15.0 Å². The molecule has 7 nitrogen and oxygen atoms in total. The monoisotopic (exact) mass is 313 g/mol. The van der Waals surface area contributed by atoms with E-state index in [1.54, 1.807) is 31.1 Å². The van der Waals surface area contributed by atoms with Crippen LogP contribution in [-0.2, 0) is 11.3 Å². The lowest BCUT2D eigenvalue weighted by molar-refractivity contribution is 0.0468. The molecule has 0 aliphatic heterocycles. The summed E-state index contributed by atoms with van der Waals surface area (Å²) in [5.41, 5.74) is 5.57. The van der Waals surface area contributed by atoms with Crippen LogP contribution in [0.2, 0.25) is 4.34 Å². The Morgan fingerprint density at radius 3 is 2.75 bits per heavy atom. The third-order valence-electron chi connectivity index (χ3n) is 2.19. The van der Waals surface area contributed by atoms with Crippen molar-refractivity contribution < 1.29 is 9.53 Å². The molecular formula is C11H12ClN5O2S. The Balaban J connectivity index is 2.05. The van der Waals surface area contributed by atoms with Crippen LogP contribution in [0.1, 0.15) is 15.5 Å². The Kier molecular flexibility index (Phi) is 4.35. The zero-order chi connectivity index (χ0) is 14.7. The SMILES string of the molecule is CN(C)c1nc(N)nc(COC(=O)c2ccc(Cl)s2)n1. The standard InChI is InChI=1S/C11H12ClN5O2S/c1-17(2)11-15-8(14-10(13)16-11)5-19-9(18)6-3-4-7(12)20-6/h3-4H,5H2,1-2H3,(H2,13,14,15,16). The van der Waals surface area contributed by atoms with E-state index in [4.69, 9.17) is 22.1 Å². The molecule has 0 aliphatic rings. The Morgan fingerprint density at radius 1 is 1.40 bits per heavy atom. The minimum atomic E-state index is -0.479. The van der Waals surface area contributed by atoms with Gasteiger partial charge in [0.25, 0.3) is 0 Å². The molecule has 2 rings (SSSR count). The van der Waals surface area contributed by atoms with Crippen LogP contribution < -0.4 is 10.6 Å². The van der Waals surface area contributed by atoms with Crippen molar-refractivity contribution in [3.05, 3.63) is 27.2 Å². The average Bonchev–Trinajstić information content (AvgIpc) is 2.82. The maximum Gasteiger partial charge on any atom is 0.348 e. The van der Waals surface area contributed by atoms with Gasteiger partial charge in [-0.15, -0.1) is 11.3 Å². The van der Waals surface area contributed by atoms with E-state index < -0.39 is 5.97 Å². The number of carbonyl (C=O) groups excluding carboxylic acids is 1. The molecule has 0 aromatic carbocycles. The van der Waals surface area contributed by atoms with Gasteiger partial charge in [-0.1, -0.05) is 11.6 Å². The molecule has 0 fully saturated rings. The van der Waals surface area contributed by atoms with Gasteiger partial charge in [0, 0.05) is 14.1 Å². The molecule has 2 aromatic heterocycles. The molecule has 106 valence electrons. The summed E-state index contributed by atoms with van der Waals surface area (Å²) in [4.78, 5) is 25.8. The predicted octanol–water partition coefficient (Wildman–Crippen LogP) is 1.59. The normalized spacial score (nSPS) is 10.3. The summed E-state index contributed by atoms with van der Waals surface area (Å²) in [7, 11) is 3.55. The fourth-order valence-corrected chi connectivity index (χ4v) is 2.25. The molecule has 0 unspecified atom stereocenters.